The van der Waals surface area contributed by atoms with Gasteiger partial charge in [0.25, 0.3) is 0 Å². The highest BCUT2D eigenvalue weighted by molar-refractivity contribution is 5.92. The number of hydrogen-bond donors (Lipinski definition) is 2. The van der Waals surface area contributed by atoms with Crippen LogP contribution < -0.4 is 9.47 Å². The Kier molecular flexibility index (Phi) is 3.23. The fourth-order valence-electron chi connectivity index (χ4n) is 3.45. The van der Waals surface area contributed by atoms with Gasteiger partial charge in [0, 0.05) is 30.0 Å². The molecule has 2 aromatic carbocycles. The van der Waals surface area contributed by atoms with Gasteiger partial charge in [-0.25, -0.2) is 0 Å². The molecule has 122 valence electrons. The number of pyridine rings is 1. The van der Waals surface area contributed by atoms with E-state index in [0.29, 0.717) is 24.3 Å². The van der Waals surface area contributed by atoms with E-state index in [1.54, 1.807) is 19.4 Å². The van der Waals surface area contributed by atoms with Gasteiger partial charge in [-0.15, -0.1) is 0 Å². The van der Waals surface area contributed by atoms with Crippen LogP contribution in [0.1, 0.15) is 22.4 Å². The standard InChI is InChI=1S/C19H17NO4/c1-23-16-9-11-5-13-18-10(8-17(24-2)19(13)22)3-4-20-14(18)6-12(11)7-15(16)21/h3-4,7-9,21-22H,5-6H2,1-2H3. The van der Waals surface area contributed by atoms with Crippen molar-refractivity contribution in [1.29, 1.82) is 0 Å². The molecule has 5 nitrogen and oxygen atoms in total. The average molecular weight is 323 g/mol. The molecule has 0 atom stereocenters. The second-order valence-electron chi connectivity index (χ2n) is 5.91. The van der Waals surface area contributed by atoms with Crippen LogP contribution in [0.15, 0.2) is 30.5 Å². The molecule has 3 aromatic rings. The lowest BCUT2D eigenvalue weighted by Crippen LogP contribution is -1.96. The quantitative estimate of drug-likeness (QED) is 0.593. The third kappa shape index (κ3) is 2.05. The lowest BCUT2D eigenvalue weighted by atomic mass is 9.97. The fraction of sp³-hybridized carbons (Fsp3) is 0.211. The Morgan fingerprint density at radius 1 is 0.958 bits per heavy atom. The predicted molar refractivity (Wildman–Crippen MR) is 90.2 cm³/mol. The van der Waals surface area contributed by atoms with Crippen molar-refractivity contribution < 1.29 is 19.7 Å². The highest BCUT2D eigenvalue weighted by Crippen LogP contribution is 2.43. The van der Waals surface area contributed by atoms with Gasteiger partial charge in [-0.3, -0.25) is 4.98 Å². The molecule has 0 aliphatic heterocycles. The lowest BCUT2D eigenvalue weighted by molar-refractivity contribution is 0.371. The third-order valence-corrected chi connectivity index (χ3v) is 4.62. The van der Waals surface area contributed by atoms with E-state index in [0.717, 1.165) is 33.2 Å². The van der Waals surface area contributed by atoms with Gasteiger partial charge in [0.2, 0.25) is 0 Å². The number of hydrogen-bond acceptors (Lipinski definition) is 5. The number of fused-ring (bicyclic) bond motifs is 1. The van der Waals surface area contributed by atoms with Crippen LogP contribution in [0.3, 0.4) is 0 Å². The van der Waals surface area contributed by atoms with Crippen molar-refractivity contribution in [3.05, 3.63) is 52.8 Å². The van der Waals surface area contributed by atoms with Crippen LogP contribution in [0, 0.1) is 0 Å². The zero-order valence-corrected chi connectivity index (χ0v) is 13.5. The second-order valence-corrected chi connectivity index (χ2v) is 5.91. The van der Waals surface area contributed by atoms with Crippen LogP contribution in [0.25, 0.3) is 10.8 Å². The Labute approximate surface area is 139 Å². The maximum absolute atomic E-state index is 10.6. The van der Waals surface area contributed by atoms with Crippen LogP contribution in [-0.2, 0) is 12.8 Å². The minimum Gasteiger partial charge on any atom is -0.504 e. The Bertz CT molecular complexity index is 965. The molecule has 24 heavy (non-hydrogen) atoms. The third-order valence-electron chi connectivity index (χ3n) is 4.62. The fourth-order valence-corrected chi connectivity index (χ4v) is 3.45. The molecule has 0 amide bonds. The largest absolute Gasteiger partial charge is 0.504 e. The van der Waals surface area contributed by atoms with Gasteiger partial charge >= 0.3 is 0 Å². The van der Waals surface area contributed by atoms with E-state index in [-0.39, 0.29) is 11.5 Å². The first-order valence-corrected chi connectivity index (χ1v) is 7.67. The van der Waals surface area contributed by atoms with Gasteiger partial charge < -0.3 is 19.7 Å². The number of ether oxygens (including phenoxy) is 2. The van der Waals surface area contributed by atoms with E-state index >= 15 is 0 Å². The highest BCUT2D eigenvalue weighted by atomic mass is 16.5. The summed E-state index contributed by atoms with van der Waals surface area (Å²) in [6.07, 6.45) is 2.86. The summed E-state index contributed by atoms with van der Waals surface area (Å²) in [7, 11) is 3.07. The number of aromatic nitrogens is 1. The highest BCUT2D eigenvalue weighted by Gasteiger charge is 2.23. The predicted octanol–water partition coefficient (Wildman–Crippen LogP) is 3.16. The minimum absolute atomic E-state index is 0.108. The van der Waals surface area contributed by atoms with Crippen LogP contribution >= 0.6 is 0 Å². The van der Waals surface area contributed by atoms with Crippen LogP contribution in [0.4, 0.5) is 0 Å². The van der Waals surface area contributed by atoms with Gasteiger partial charge in [-0.1, -0.05) is 0 Å². The molecule has 1 aromatic heterocycles. The van der Waals surface area contributed by atoms with Gasteiger partial charge in [-0.05, 0) is 40.8 Å². The van der Waals surface area contributed by atoms with E-state index in [4.69, 9.17) is 9.47 Å². The molecule has 5 heteroatoms. The number of nitrogens with zero attached hydrogens (tertiary/aromatic N) is 1. The van der Waals surface area contributed by atoms with Crippen molar-refractivity contribution in [3.63, 3.8) is 0 Å². The van der Waals surface area contributed by atoms with E-state index < -0.39 is 0 Å². The van der Waals surface area contributed by atoms with Crippen LogP contribution in [0.5, 0.6) is 23.0 Å². The summed E-state index contributed by atoms with van der Waals surface area (Å²) in [5, 5.41) is 22.7. The van der Waals surface area contributed by atoms with E-state index in [2.05, 4.69) is 4.98 Å². The van der Waals surface area contributed by atoms with Crippen LogP contribution in [0.2, 0.25) is 0 Å². The first-order valence-electron chi connectivity index (χ1n) is 7.67. The van der Waals surface area contributed by atoms with Crippen molar-refractivity contribution in [3.8, 4) is 23.0 Å². The number of methoxy groups -OCH3 is 2. The number of rotatable bonds is 2. The maximum atomic E-state index is 10.6. The van der Waals surface area contributed by atoms with E-state index in [9.17, 15) is 10.2 Å². The molecular formula is C19H17NO4. The molecule has 0 fully saturated rings. The van der Waals surface area contributed by atoms with Crippen molar-refractivity contribution in [1.82, 2.24) is 4.98 Å². The number of aromatic hydroxyl groups is 2. The van der Waals surface area contributed by atoms with E-state index in [1.165, 1.54) is 7.11 Å². The summed E-state index contributed by atoms with van der Waals surface area (Å²) in [6, 6.07) is 7.28. The summed E-state index contributed by atoms with van der Waals surface area (Å²) in [5.74, 6) is 1.12. The molecule has 2 N–H and O–H groups in total. The lowest BCUT2D eigenvalue weighted by Gasteiger charge is -2.13. The molecule has 0 radical (unpaired) electrons. The normalized spacial score (nSPS) is 12.6. The summed E-state index contributed by atoms with van der Waals surface area (Å²) in [5.41, 5.74) is 3.64. The van der Waals surface area contributed by atoms with Crippen molar-refractivity contribution >= 4 is 10.8 Å². The van der Waals surface area contributed by atoms with Gasteiger partial charge in [0.05, 0.1) is 19.9 Å². The molecule has 1 heterocycles. The molecule has 0 saturated heterocycles. The Balaban J connectivity index is 2.04. The first-order chi connectivity index (χ1) is 11.6. The molecule has 0 spiro atoms. The van der Waals surface area contributed by atoms with Crippen molar-refractivity contribution in [2.45, 2.75) is 12.8 Å². The monoisotopic (exact) mass is 323 g/mol. The zero-order chi connectivity index (χ0) is 16.8. The van der Waals surface area contributed by atoms with Crippen molar-refractivity contribution in [2.75, 3.05) is 14.2 Å². The molecule has 0 unspecified atom stereocenters. The number of benzene rings is 2. The molecular weight excluding hydrogens is 306 g/mol. The van der Waals surface area contributed by atoms with Gasteiger partial charge in [0.15, 0.2) is 23.0 Å². The molecule has 4 rings (SSSR count). The average Bonchev–Trinajstić information content (AvgIpc) is 2.74. The van der Waals surface area contributed by atoms with Crippen molar-refractivity contribution in [2.24, 2.45) is 0 Å². The Morgan fingerprint density at radius 3 is 2.46 bits per heavy atom. The Morgan fingerprint density at radius 2 is 1.71 bits per heavy atom. The SMILES string of the molecule is COc1cc2c(cc1O)Cc1nccc3cc(OC)c(O)c(c13)C2. The summed E-state index contributed by atoms with van der Waals surface area (Å²) in [4.78, 5) is 4.50. The second kappa shape index (κ2) is 5.30. The smallest absolute Gasteiger partial charge is 0.161 e. The molecule has 0 saturated carbocycles. The van der Waals surface area contributed by atoms with Gasteiger partial charge in [0.1, 0.15) is 0 Å². The van der Waals surface area contributed by atoms with E-state index in [1.807, 2.05) is 18.2 Å². The topological polar surface area (TPSA) is 71.8 Å². The number of phenolic OH excluding ortho intramolecular Hbond substituents is 2. The summed E-state index contributed by atoms with van der Waals surface area (Å²) < 4.78 is 10.5. The zero-order valence-electron chi connectivity index (χ0n) is 13.5. The first kappa shape index (κ1) is 14.6. The van der Waals surface area contributed by atoms with Crippen LogP contribution in [-0.4, -0.2) is 29.4 Å². The maximum Gasteiger partial charge on any atom is 0.161 e. The number of phenols is 2. The minimum atomic E-state index is 0.108. The molecule has 1 aliphatic rings. The molecule has 0 bridgehead atoms. The summed E-state index contributed by atoms with van der Waals surface area (Å²) in [6.45, 7) is 0. The van der Waals surface area contributed by atoms with Gasteiger partial charge in [-0.2, -0.15) is 0 Å². The Hall–Kier alpha value is -2.95. The summed E-state index contributed by atoms with van der Waals surface area (Å²) >= 11 is 0. The molecule has 1 aliphatic carbocycles.